The summed E-state index contributed by atoms with van der Waals surface area (Å²) in [5.74, 6) is -0.291. The topological polar surface area (TPSA) is 88.9 Å². The van der Waals surface area contributed by atoms with Crippen molar-refractivity contribution in [3.63, 3.8) is 0 Å². The summed E-state index contributed by atoms with van der Waals surface area (Å²) in [6.45, 7) is 5.53. The van der Waals surface area contributed by atoms with Gasteiger partial charge in [0.1, 0.15) is 23.1 Å². The second-order valence-corrected chi connectivity index (χ2v) is 9.84. The number of aromatic nitrogens is 2. The molecule has 3 heterocycles. The van der Waals surface area contributed by atoms with Gasteiger partial charge in [-0.2, -0.15) is 10.5 Å². The quantitative estimate of drug-likeness (QED) is 0.405. The van der Waals surface area contributed by atoms with Crippen LogP contribution in [0.5, 0.6) is 0 Å². The van der Waals surface area contributed by atoms with Crippen LogP contribution in [-0.2, 0) is 7.05 Å². The van der Waals surface area contributed by atoms with E-state index in [0.717, 1.165) is 16.8 Å². The molecular formula is C30H27FN6O. The Morgan fingerprint density at radius 2 is 1.58 bits per heavy atom. The van der Waals surface area contributed by atoms with Crippen LogP contribution in [0.25, 0.3) is 11.0 Å². The fourth-order valence-corrected chi connectivity index (χ4v) is 5.40. The van der Waals surface area contributed by atoms with Crippen LogP contribution in [0.2, 0.25) is 0 Å². The van der Waals surface area contributed by atoms with Gasteiger partial charge in [0.2, 0.25) is 0 Å². The lowest BCUT2D eigenvalue weighted by molar-refractivity contribution is 0.130. The van der Waals surface area contributed by atoms with E-state index < -0.39 is 0 Å². The predicted molar refractivity (Wildman–Crippen MR) is 144 cm³/mol. The Bertz CT molecular complexity index is 1630. The number of aryl methyl sites for hydroxylation is 1. The minimum atomic E-state index is -0.291. The minimum Gasteiger partial charge on any atom is -0.364 e. The number of piperazine rings is 1. The summed E-state index contributed by atoms with van der Waals surface area (Å²) in [5.41, 5.74) is 4.74. The van der Waals surface area contributed by atoms with Crippen LogP contribution in [0.15, 0.2) is 71.5 Å². The molecule has 3 atom stereocenters. The van der Waals surface area contributed by atoms with E-state index in [-0.39, 0.29) is 29.5 Å². The molecule has 5 rings (SSSR count). The van der Waals surface area contributed by atoms with E-state index >= 15 is 0 Å². The van der Waals surface area contributed by atoms with Crippen LogP contribution in [0.4, 0.5) is 10.1 Å². The van der Waals surface area contributed by atoms with Crippen molar-refractivity contribution in [3.05, 3.63) is 105 Å². The van der Waals surface area contributed by atoms with E-state index in [1.54, 1.807) is 41.9 Å². The van der Waals surface area contributed by atoms with Crippen molar-refractivity contribution in [2.45, 2.75) is 32.0 Å². The van der Waals surface area contributed by atoms with Crippen LogP contribution in [0, 0.1) is 28.5 Å². The van der Waals surface area contributed by atoms with Gasteiger partial charge in [-0.3, -0.25) is 9.69 Å². The average molecular weight is 507 g/mol. The van der Waals surface area contributed by atoms with Gasteiger partial charge in [0.15, 0.2) is 0 Å². The van der Waals surface area contributed by atoms with Gasteiger partial charge >= 0.3 is 0 Å². The lowest BCUT2D eigenvalue weighted by Crippen LogP contribution is -2.57. The first-order valence-corrected chi connectivity index (χ1v) is 12.5. The second kappa shape index (κ2) is 10.1. The first-order valence-electron chi connectivity index (χ1n) is 12.5. The molecule has 1 aliphatic heterocycles. The molecule has 1 unspecified atom stereocenters. The number of fused-ring (bicyclic) bond motifs is 1. The molecule has 0 amide bonds. The van der Waals surface area contributed by atoms with Gasteiger partial charge in [0.25, 0.3) is 5.56 Å². The summed E-state index contributed by atoms with van der Waals surface area (Å²) in [5, 5.41) is 18.7. The van der Waals surface area contributed by atoms with E-state index in [1.807, 2.05) is 24.3 Å². The molecule has 0 aliphatic carbocycles. The van der Waals surface area contributed by atoms with Crippen molar-refractivity contribution < 1.29 is 4.39 Å². The monoisotopic (exact) mass is 506 g/mol. The highest BCUT2D eigenvalue weighted by molar-refractivity contribution is 5.89. The Morgan fingerprint density at radius 1 is 0.921 bits per heavy atom. The van der Waals surface area contributed by atoms with Gasteiger partial charge in [0.05, 0.1) is 28.9 Å². The zero-order valence-electron chi connectivity index (χ0n) is 21.5. The molecule has 2 aromatic heterocycles. The Kier molecular flexibility index (Phi) is 6.67. The van der Waals surface area contributed by atoms with Gasteiger partial charge in [-0.1, -0.05) is 24.3 Å². The molecule has 2 aromatic carbocycles. The predicted octanol–water partition coefficient (Wildman–Crippen LogP) is 4.50. The number of pyridine rings is 2. The number of halogens is 1. The van der Waals surface area contributed by atoms with E-state index in [0.29, 0.717) is 35.4 Å². The molecule has 0 saturated carbocycles. The highest BCUT2D eigenvalue weighted by Crippen LogP contribution is 2.36. The molecule has 190 valence electrons. The first kappa shape index (κ1) is 25.1. The number of rotatable bonds is 4. The standard InChI is InChI=1S/C30H27FN6O/c1-19-18-37(30(23-8-10-24(31)11-9-23)22-6-4-21(15-32)5-7-22)20(2)17-36(19)27-14-28(38)35(3)26-13-12-25(16-33)34-29(26)27/h4-14,19-20,30H,17-18H2,1-3H3/t19-,20+,30?/m0/s1. The van der Waals surface area contributed by atoms with E-state index in [9.17, 15) is 19.7 Å². The third-order valence-corrected chi connectivity index (χ3v) is 7.40. The highest BCUT2D eigenvalue weighted by atomic mass is 19.1. The van der Waals surface area contributed by atoms with Crippen molar-refractivity contribution in [1.29, 1.82) is 10.5 Å². The maximum absolute atomic E-state index is 13.8. The maximum Gasteiger partial charge on any atom is 0.252 e. The van der Waals surface area contributed by atoms with E-state index in [1.165, 1.54) is 12.1 Å². The lowest BCUT2D eigenvalue weighted by atomic mass is 9.93. The minimum absolute atomic E-state index is 0.00961. The Balaban J connectivity index is 1.55. The van der Waals surface area contributed by atoms with Gasteiger partial charge in [0, 0.05) is 38.3 Å². The smallest absolute Gasteiger partial charge is 0.252 e. The molecule has 0 spiro atoms. The zero-order valence-corrected chi connectivity index (χ0v) is 21.5. The summed E-state index contributed by atoms with van der Waals surface area (Å²) >= 11 is 0. The lowest BCUT2D eigenvalue weighted by Gasteiger charge is -2.48. The molecule has 4 aromatic rings. The summed E-state index contributed by atoms with van der Waals surface area (Å²) in [6.07, 6.45) is 0. The molecular weight excluding hydrogens is 479 g/mol. The summed E-state index contributed by atoms with van der Waals surface area (Å²) in [6, 6.07) is 23.3. The number of hydrogen-bond donors (Lipinski definition) is 0. The average Bonchev–Trinajstić information content (AvgIpc) is 2.93. The zero-order chi connectivity index (χ0) is 27.0. The van der Waals surface area contributed by atoms with Gasteiger partial charge in [-0.15, -0.1) is 0 Å². The van der Waals surface area contributed by atoms with E-state index in [4.69, 9.17) is 0 Å². The van der Waals surface area contributed by atoms with Crippen LogP contribution in [0.3, 0.4) is 0 Å². The van der Waals surface area contributed by atoms with Crippen LogP contribution in [0.1, 0.15) is 42.3 Å². The molecule has 7 nitrogen and oxygen atoms in total. The number of nitrogens with zero attached hydrogens (tertiary/aromatic N) is 6. The summed E-state index contributed by atoms with van der Waals surface area (Å²) in [4.78, 5) is 22.0. The second-order valence-electron chi connectivity index (χ2n) is 9.84. The molecule has 38 heavy (non-hydrogen) atoms. The van der Waals surface area contributed by atoms with Crippen molar-refractivity contribution in [1.82, 2.24) is 14.5 Å². The van der Waals surface area contributed by atoms with Gasteiger partial charge < -0.3 is 9.47 Å². The first-order chi connectivity index (χ1) is 18.3. The number of nitriles is 2. The van der Waals surface area contributed by atoms with E-state index in [2.05, 4.69) is 40.8 Å². The SMILES string of the molecule is C[C@@H]1CN(c2cc(=O)n(C)c3ccc(C#N)nc23)[C@@H](C)CN1C(c1ccc(F)cc1)c1ccc(C#N)cc1. The fraction of sp³-hybridized carbons (Fsp3) is 0.267. The van der Waals surface area contributed by atoms with Crippen LogP contribution >= 0.6 is 0 Å². The molecule has 0 bridgehead atoms. The van der Waals surface area contributed by atoms with Crippen molar-refractivity contribution in [3.8, 4) is 12.1 Å². The Morgan fingerprint density at radius 3 is 2.21 bits per heavy atom. The van der Waals surface area contributed by atoms with Gasteiger partial charge in [-0.05, 0) is 61.4 Å². The third-order valence-electron chi connectivity index (χ3n) is 7.40. The third kappa shape index (κ3) is 4.51. The normalized spacial score (nSPS) is 18.6. The highest BCUT2D eigenvalue weighted by Gasteiger charge is 2.36. The van der Waals surface area contributed by atoms with Crippen LogP contribution in [-0.4, -0.2) is 39.6 Å². The maximum atomic E-state index is 13.8. The van der Waals surface area contributed by atoms with Crippen molar-refractivity contribution >= 4 is 16.7 Å². The molecule has 1 aliphatic rings. The molecule has 1 saturated heterocycles. The van der Waals surface area contributed by atoms with Crippen LogP contribution < -0.4 is 10.5 Å². The molecule has 1 fully saturated rings. The fourth-order valence-electron chi connectivity index (χ4n) is 5.40. The molecule has 8 heteroatoms. The summed E-state index contributed by atoms with van der Waals surface area (Å²) < 4.78 is 15.4. The molecule has 0 N–H and O–H groups in total. The van der Waals surface area contributed by atoms with Crippen molar-refractivity contribution in [2.75, 3.05) is 18.0 Å². The number of hydrogen-bond acceptors (Lipinski definition) is 6. The van der Waals surface area contributed by atoms with Gasteiger partial charge in [-0.25, -0.2) is 9.37 Å². The Labute approximate surface area is 220 Å². The molecule has 0 radical (unpaired) electrons. The van der Waals surface area contributed by atoms with Crippen molar-refractivity contribution in [2.24, 2.45) is 7.05 Å². The Hall–Kier alpha value is -4.53. The largest absolute Gasteiger partial charge is 0.364 e. The summed E-state index contributed by atoms with van der Waals surface area (Å²) in [7, 11) is 1.71. The number of benzene rings is 2. The number of anilines is 1.